The summed E-state index contributed by atoms with van der Waals surface area (Å²) < 4.78 is 5.07. The van der Waals surface area contributed by atoms with Crippen molar-refractivity contribution in [1.82, 2.24) is 15.5 Å². The Labute approximate surface area is 182 Å². The van der Waals surface area contributed by atoms with Crippen LogP contribution in [0.2, 0.25) is 0 Å². The molecule has 1 aliphatic rings. The van der Waals surface area contributed by atoms with E-state index in [0.29, 0.717) is 18.8 Å². The van der Waals surface area contributed by atoms with E-state index in [2.05, 4.69) is 16.0 Å². The number of carbonyl (C=O) groups excluding carboxylic acids is 4. The minimum Gasteiger partial charge on any atom is -0.444 e. The molecule has 9 nitrogen and oxygen atoms in total. The highest BCUT2D eigenvalue weighted by atomic mass is 16.6. The first kappa shape index (κ1) is 24.2. The van der Waals surface area contributed by atoms with Gasteiger partial charge >= 0.3 is 6.09 Å². The fraction of sp³-hybridized carbons (Fsp3) is 0.545. The number of carbonyl (C=O) groups is 4. The van der Waals surface area contributed by atoms with Crippen LogP contribution >= 0.6 is 0 Å². The Morgan fingerprint density at radius 1 is 1.13 bits per heavy atom. The smallest absolute Gasteiger partial charge is 0.408 e. The second kappa shape index (κ2) is 10.3. The van der Waals surface area contributed by atoms with E-state index >= 15 is 0 Å². The Morgan fingerprint density at radius 2 is 1.77 bits per heavy atom. The largest absolute Gasteiger partial charge is 0.444 e. The molecule has 0 saturated carbocycles. The normalized spacial score (nSPS) is 16.3. The number of nitrogens with one attached hydrogen (secondary N) is 3. The van der Waals surface area contributed by atoms with Crippen molar-refractivity contribution in [2.45, 2.75) is 59.2 Å². The van der Waals surface area contributed by atoms with Gasteiger partial charge in [0.2, 0.25) is 17.7 Å². The number of benzene rings is 1. The van der Waals surface area contributed by atoms with E-state index in [1.165, 1.54) is 0 Å². The number of hydrogen-bond acceptors (Lipinski definition) is 5. The van der Waals surface area contributed by atoms with Crippen LogP contribution < -0.4 is 16.0 Å². The van der Waals surface area contributed by atoms with Gasteiger partial charge in [0.25, 0.3) is 0 Å². The third kappa shape index (κ3) is 7.92. The summed E-state index contributed by atoms with van der Waals surface area (Å²) in [4.78, 5) is 49.6. The summed E-state index contributed by atoms with van der Waals surface area (Å²) in [5.74, 6) is -0.836. The molecule has 1 fully saturated rings. The van der Waals surface area contributed by atoms with Gasteiger partial charge < -0.3 is 25.6 Å². The molecule has 4 amide bonds. The summed E-state index contributed by atoms with van der Waals surface area (Å²) in [6.45, 7) is 9.67. The van der Waals surface area contributed by atoms with Crippen LogP contribution in [0.3, 0.4) is 0 Å². The van der Waals surface area contributed by atoms with E-state index < -0.39 is 11.7 Å². The molecule has 2 rings (SSSR count). The zero-order chi connectivity index (χ0) is 23.2. The topological polar surface area (TPSA) is 117 Å². The van der Waals surface area contributed by atoms with Gasteiger partial charge in [-0.3, -0.25) is 14.4 Å². The van der Waals surface area contributed by atoms with Crippen LogP contribution in [0.25, 0.3) is 0 Å². The first-order chi connectivity index (χ1) is 14.4. The third-order valence-electron chi connectivity index (χ3n) is 4.65. The number of alkyl carbamates (subject to hydrolysis) is 1. The van der Waals surface area contributed by atoms with Crippen LogP contribution in [-0.2, 0) is 25.7 Å². The van der Waals surface area contributed by atoms with Crippen molar-refractivity contribution < 1.29 is 23.9 Å². The van der Waals surface area contributed by atoms with E-state index in [1.807, 2.05) is 13.8 Å². The molecule has 31 heavy (non-hydrogen) atoms. The summed E-state index contributed by atoms with van der Waals surface area (Å²) in [7, 11) is 0. The van der Waals surface area contributed by atoms with E-state index in [9.17, 15) is 19.2 Å². The van der Waals surface area contributed by atoms with Crippen molar-refractivity contribution in [3.63, 3.8) is 0 Å². The SMILES string of the molecule is CC(C)N1CC(C(=O)NCc2ccc(NC(=O)CNC(=O)OC(C)(C)C)cc2)CC1=O. The number of anilines is 1. The van der Waals surface area contributed by atoms with Crippen molar-refractivity contribution >= 4 is 29.5 Å². The molecule has 1 aromatic carbocycles. The molecule has 0 aromatic heterocycles. The molecule has 1 atom stereocenters. The van der Waals surface area contributed by atoms with E-state index in [4.69, 9.17) is 4.74 Å². The average Bonchev–Trinajstić information content (AvgIpc) is 3.06. The van der Waals surface area contributed by atoms with Gasteiger partial charge in [-0.1, -0.05) is 12.1 Å². The minimum atomic E-state index is -0.658. The Hall–Kier alpha value is -3.10. The molecule has 1 aliphatic heterocycles. The summed E-state index contributed by atoms with van der Waals surface area (Å²) in [6, 6.07) is 7.10. The summed E-state index contributed by atoms with van der Waals surface area (Å²) in [5, 5.41) is 7.94. The second-order valence-corrected chi connectivity index (χ2v) is 8.86. The lowest BCUT2D eigenvalue weighted by Crippen LogP contribution is -2.37. The van der Waals surface area contributed by atoms with Gasteiger partial charge in [0, 0.05) is 31.2 Å². The van der Waals surface area contributed by atoms with Crippen molar-refractivity contribution in [1.29, 1.82) is 0 Å². The van der Waals surface area contributed by atoms with Gasteiger partial charge in [0.1, 0.15) is 12.1 Å². The Morgan fingerprint density at radius 3 is 2.32 bits per heavy atom. The summed E-state index contributed by atoms with van der Waals surface area (Å²) >= 11 is 0. The number of rotatable bonds is 7. The van der Waals surface area contributed by atoms with Gasteiger partial charge in [-0.05, 0) is 52.3 Å². The predicted octanol–water partition coefficient (Wildman–Crippen LogP) is 2.02. The predicted molar refractivity (Wildman–Crippen MR) is 116 cm³/mol. The maximum atomic E-state index is 12.4. The van der Waals surface area contributed by atoms with E-state index in [0.717, 1.165) is 5.56 Å². The van der Waals surface area contributed by atoms with Gasteiger partial charge in [-0.15, -0.1) is 0 Å². The van der Waals surface area contributed by atoms with E-state index in [1.54, 1.807) is 49.9 Å². The molecule has 1 unspecified atom stereocenters. The third-order valence-corrected chi connectivity index (χ3v) is 4.65. The monoisotopic (exact) mass is 432 g/mol. The first-order valence-corrected chi connectivity index (χ1v) is 10.4. The fourth-order valence-electron chi connectivity index (χ4n) is 3.12. The molecule has 1 heterocycles. The number of hydrogen-bond donors (Lipinski definition) is 3. The van der Waals surface area contributed by atoms with Crippen LogP contribution in [0.4, 0.5) is 10.5 Å². The lowest BCUT2D eigenvalue weighted by atomic mass is 10.1. The highest BCUT2D eigenvalue weighted by Gasteiger charge is 2.35. The van der Waals surface area contributed by atoms with Gasteiger partial charge in [0.15, 0.2) is 0 Å². The van der Waals surface area contributed by atoms with Crippen LogP contribution in [-0.4, -0.2) is 53.4 Å². The minimum absolute atomic E-state index is 0.0106. The Kier molecular flexibility index (Phi) is 8.01. The molecule has 1 aromatic rings. The molecule has 3 N–H and O–H groups in total. The van der Waals surface area contributed by atoms with E-state index in [-0.39, 0.29) is 42.6 Å². The zero-order valence-electron chi connectivity index (χ0n) is 18.8. The van der Waals surface area contributed by atoms with Crippen molar-refractivity contribution in [3.05, 3.63) is 29.8 Å². The van der Waals surface area contributed by atoms with Gasteiger partial charge in [0.05, 0.1) is 5.92 Å². The molecule has 9 heteroatoms. The Balaban J connectivity index is 1.75. The maximum Gasteiger partial charge on any atom is 0.408 e. The highest BCUT2D eigenvalue weighted by molar-refractivity contribution is 5.94. The molecule has 0 radical (unpaired) electrons. The molecule has 0 bridgehead atoms. The molecular formula is C22H32N4O5. The first-order valence-electron chi connectivity index (χ1n) is 10.4. The van der Waals surface area contributed by atoms with Crippen LogP contribution in [0, 0.1) is 5.92 Å². The zero-order valence-corrected chi connectivity index (χ0v) is 18.8. The quantitative estimate of drug-likeness (QED) is 0.609. The molecule has 0 spiro atoms. The second-order valence-electron chi connectivity index (χ2n) is 8.86. The van der Waals surface area contributed by atoms with Crippen molar-refractivity contribution in [3.8, 4) is 0 Å². The lowest BCUT2D eigenvalue weighted by molar-refractivity contribution is -0.130. The van der Waals surface area contributed by atoms with Crippen molar-refractivity contribution in [2.75, 3.05) is 18.4 Å². The summed E-state index contributed by atoms with van der Waals surface area (Å²) in [6.07, 6.45) is -0.416. The van der Waals surface area contributed by atoms with Crippen LogP contribution in [0.1, 0.15) is 46.6 Å². The van der Waals surface area contributed by atoms with Gasteiger partial charge in [-0.2, -0.15) is 0 Å². The average molecular weight is 433 g/mol. The lowest BCUT2D eigenvalue weighted by Gasteiger charge is -2.20. The maximum absolute atomic E-state index is 12.4. The molecule has 1 saturated heterocycles. The molecule has 170 valence electrons. The standard InChI is InChI=1S/C22H32N4O5/c1-14(2)26-13-16(10-19(26)28)20(29)23-11-15-6-8-17(9-7-15)25-18(27)12-24-21(30)31-22(3,4)5/h6-9,14,16H,10-13H2,1-5H3,(H,23,29)(H,24,30)(H,25,27). The van der Waals surface area contributed by atoms with Crippen molar-refractivity contribution in [2.24, 2.45) is 5.92 Å². The number of ether oxygens (including phenoxy) is 1. The molecular weight excluding hydrogens is 400 g/mol. The summed E-state index contributed by atoms with van der Waals surface area (Å²) in [5.41, 5.74) is 0.802. The number of nitrogens with zero attached hydrogens (tertiary/aromatic N) is 1. The molecule has 0 aliphatic carbocycles. The Bertz CT molecular complexity index is 814. The number of amides is 4. The van der Waals surface area contributed by atoms with Gasteiger partial charge in [-0.25, -0.2) is 4.79 Å². The highest BCUT2D eigenvalue weighted by Crippen LogP contribution is 2.20. The van der Waals surface area contributed by atoms with Crippen LogP contribution in [0.15, 0.2) is 24.3 Å². The van der Waals surface area contributed by atoms with Crippen LogP contribution in [0.5, 0.6) is 0 Å². The number of likely N-dealkylation sites (tertiary alicyclic amines) is 1. The fourth-order valence-corrected chi connectivity index (χ4v) is 3.12.